The highest BCUT2D eigenvalue weighted by atomic mass is 16.5. The number of anilines is 1. The average molecular weight is 358 g/mol. The third-order valence-electron chi connectivity index (χ3n) is 4.67. The quantitative estimate of drug-likeness (QED) is 0.824. The number of fused-ring (bicyclic) bond motifs is 1. The van der Waals surface area contributed by atoms with Crippen LogP contribution >= 0.6 is 0 Å². The van der Waals surface area contributed by atoms with Crippen LogP contribution < -0.4 is 10.2 Å². The Bertz CT molecular complexity index is 763. The first-order valence-electron chi connectivity index (χ1n) is 8.92. The maximum absolute atomic E-state index is 13.0. The zero-order chi connectivity index (χ0) is 18.5. The summed E-state index contributed by atoms with van der Waals surface area (Å²) in [6, 6.07) is 11.6. The number of rotatable bonds is 6. The Balaban J connectivity index is 1.84. The first-order valence-corrected chi connectivity index (χ1v) is 8.92. The second-order valence-electron chi connectivity index (χ2n) is 6.65. The number of carbonyl (C=O) groups is 1. The first-order chi connectivity index (χ1) is 12.6. The highest BCUT2D eigenvalue weighted by Crippen LogP contribution is 2.28. The van der Waals surface area contributed by atoms with E-state index in [0.717, 1.165) is 16.5 Å². The number of nitrogens with zero attached hydrogens (tertiary/aromatic N) is 1. The molecule has 0 aromatic heterocycles. The van der Waals surface area contributed by atoms with Crippen molar-refractivity contribution in [3.8, 4) is 0 Å². The lowest BCUT2D eigenvalue weighted by molar-refractivity contribution is -0.0737. The van der Waals surface area contributed by atoms with Crippen molar-refractivity contribution in [1.82, 2.24) is 5.32 Å². The van der Waals surface area contributed by atoms with Gasteiger partial charge in [-0.3, -0.25) is 4.79 Å². The second kappa shape index (κ2) is 8.49. The maximum Gasteiger partial charge on any atom is 0.252 e. The van der Waals surface area contributed by atoms with Gasteiger partial charge in [-0.25, -0.2) is 0 Å². The maximum atomic E-state index is 13.0. The third-order valence-corrected chi connectivity index (χ3v) is 4.67. The largest absolute Gasteiger partial charge is 0.394 e. The van der Waals surface area contributed by atoms with Gasteiger partial charge in [0.2, 0.25) is 0 Å². The van der Waals surface area contributed by atoms with E-state index in [0.29, 0.717) is 25.2 Å². The lowest BCUT2D eigenvalue weighted by atomic mass is 10.00. The molecule has 6 heteroatoms. The fraction of sp³-hybridized carbons (Fsp3) is 0.450. The van der Waals surface area contributed by atoms with Crippen molar-refractivity contribution in [2.45, 2.75) is 18.6 Å². The van der Waals surface area contributed by atoms with Gasteiger partial charge in [0, 0.05) is 37.3 Å². The standard InChI is InChI=1S/C20H26N2O4/c1-22(2)18-8-7-16(14-5-3-4-6-15(14)18)20(24)21-17-9-11-25-13-19(17)26-12-10-23/h3-8,17,19,23H,9-13H2,1-2H3,(H,21,24). The van der Waals surface area contributed by atoms with Crippen molar-refractivity contribution in [2.75, 3.05) is 45.4 Å². The van der Waals surface area contributed by atoms with Gasteiger partial charge in [0.1, 0.15) is 6.10 Å². The number of carbonyl (C=O) groups excluding carboxylic acids is 1. The number of ether oxygens (including phenoxy) is 2. The summed E-state index contributed by atoms with van der Waals surface area (Å²) in [6.07, 6.45) is 0.447. The summed E-state index contributed by atoms with van der Waals surface area (Å²) >= 11 is 0. The molecule has 0 bridgehead atoms. The Kier molecular flexibility index (Phi) is 6.08. The average Bonchev–Trinajstić information content (AvgIpc) is 2.66. The number of aliphatic hydroxyl groups excluding tert-OH is 1. The smallest absolute Gasteiger partial charge is 0.252 e. The van der Waals surface area contributed by atoms with Gasteiger partial charge in [-0.15, -0.1) is 0 Å². The van der Waals surface area contributed by atoms with Crippen molar-refractivity contribution in [3.05, 3.63) is 42.0 Å². The zero-order valence-corrected chi connectivity index (χ0v) is 15.3. The molecular weight excluding hydrogens is 332 g/mol. The molecule has 0 radical (unpaired) electrons. The Morgan fingerprint density at radius 2 is 2.04 bits per heavy atom. The molecular formula is C20H26N2O4. The van der Waals surface area contributed by atoms with Crippen molar-refractivity contribution in [2.24, 2.45) is 0 Å². The van der Waals surface area contributed by atoms with Gasteiger partial charge in [0.15, 0.2) is 0 Å². The number of aliphatic hydroxyl groups is 1. The van der Waals surface area contributed by atoms with Crippen LogP contribution in [-0.2, 0) is 9.47 Å². The van der Waals surface area contributed by atoms with Crippen LogP contribution in [0.2, 0.25) is 0 Å². The van der Waals surface area contributed by atoms with Crippen LogP contribution in [0.3, 0.4) is 0 Å². The third kappa shape index (κ3) is 3.98. The molecule has 6 nitrogen and oxygen atoms in total. The molecule has 1 aliphatic heterocycles. The van der Waals surface area contributed by atoms with Gasteiger partial charge >= 0.3 is 0 Å². The van der Waals surface area contributed by atoms with E-state index in [4.69, 9.17) is 14.6 Å². The SMILES string of the molecule is CN(C)c1ccc(C(=O)NC2CCOCC2OCCO)c2ccccc12. The van der Waals surface area contributed by atoms with E-state index in [1.165, 1.54) is 0 Å². The van der Waals surface area contributed by atoms with Gasteiger partial charge in [-0.1, -0.05) is 24.3 Å². The van der Waals surface area contributed by atoms with Crippen molar-refractivity contribution < 1.29 is 19.4 Å². The van der Waals surface area contributed by atoms with Crippen LogP contribution in [0.4, 0.5) is 5.69 Å². The van der Waals surface area contributed by atoms with Crippen LogP contribution in [0.15, 0.2) is 36.4 Å². The van der Waals surface area contributed by atoms with E-state index in [1.807, 2.05) is 55.4 Å². The van der Waals surface area contributed by atoms with Crippen LogP contribution in [-0.4, -0.2) is 63.7 Å². The van der Waals surface area contributed by atoms with E-state index in [-0.39, 0.29) is 31.3 Å². The molecule has 2 N–H and O–H groups in total. The van der Waals surface area contributed by atoms with Gasteiger partial charge in [-0.2, -0.15) is 0 Å². The summed E-state index contributed by atoms with van der Waals surface area (Å²) in [7, 11) is 3.99. The van der Waals surface area contributed by atoms with Crippen molar-refractivity contribution in [3.63, 3.8) is 0 Å². The van der Waals surface area contributed by atoms with E-state index in [1.54, 1.807) is 0 Å². The summed E-state index contributed by atoms with van der Waals surface area (Å²) in [5, 5.41) is 14.0. The number of benzene rings is 2. The van der Waals surface area contributed by atoms with Crippen molar-refractivity contribution >= 4 is 22.4 Å². The molecule has 2 aromatic rings. The molecule has 2 unspecified atom stereocenters. The Morgan fingerprint density at radius 3 is 2.77 bits per heavy atom. The summed E-state index contributed by atoms with van der Waals surface area (Å²) in [4.78, 5) is 15.0. The van der Waals surface area contributed by atoms with E-state index < -0.39 is 0 Å². The molecule has 0 aliphatic carbocycles. The van der Waals surface area contributed by atoms with Gasteiger partial charge < -0.3 is 24.8 Å². The molecule has 0 spiro atoms. The van der Waals surface area contributed by atoms with Crippen LogP contribution in [0.1, 0.15) is 16.8 Å². The predicted octanol–water partition coefficient (Wildman–Crippen LogP) is 1.80. The van der Waals surface area contributed by atoms with E-state index in [9.17, 15) is 4.79 Å². The highest BCUT2D eigenvalue weighted by Gasteiger charge is 2.28. The Morgan fingerprint density at radius 1 is 1.27 bits per heavy atom. The lowest BCUT2D eigenvalue weighted by Gasteiger charge is -2.32. The van der Waals surface area contributed by atoms with Crippen molar-refractivity contribution in [1.29, 1.82) is 0 Å². The zero-order valence-electron chi connectivity index (χ0n) is 15.3. The summed E-state index contributed by atoms with van der Waals surface area (Å²) in [6.45, 7) is 1.20. The van der Waals surface area contributed by atoms with Gasteiger partial charge in [0.25, 0.3) is 5.91 Å². The minimum absolute atomic E-state index is 0.0478. The Hall–Kier alpha value is -2.15. The monoisotopic (exact) mass is 358 g/mol. The summed E-state index contributed by atoms with van der Waals surface area (Å²) in [5.74, 6) is -0.115. The molecule has 1 aliphatic rings. The number of hydrogen-bond acceptors (Lipinski definition) is 5. The molecule has 3 rings (SSSR count). The summed E-state index contributed by atoms with van der Waals surface area (Å²) in [5.41, 5.74) is 1.73. The van der Waals surface area contributed by atoms with Crippen LogP contribution in [0, 0.1) is 0 Å². The number of amides is 1. The molecule has 2 aromatic carbocycles. The Labute approximate surface area is 153 Å². The highest BCUT2D eigenvalue weighted by molar-refractivity contribution is 6.10. The number of nitrogens with one attached hydrogen (secondary N) is 1. The fourth-order valence-electron chi connectivity index (χ4n) is 3.36. The van der Waals surface area contributed by atoms with Crippen LogP contribution in [0.25, 0.3) is 10.8 Å². The lowest BCUT2D eigenvalue weighted by Crippen LogP contribution is -2.50. The minimum Gasteiger partial charge on any atom is -0.394 e. The molecule has 2 atom stereocenters. The molecule has 26 heavy (non-hydrogen) atoms. The molecule has 1 amide bonds. The van der Waals surface area contributed by atoms with E-state index >= 15 is 0 Å². The first kappa shape index (κ1) is 18.6. The molecule has 1 heterocycles. The molecule has 1 fully saturated rings. The van der Waals surface area contributed by atoms with Gasteiger partial charge in [-0.05, 0) is 23.9 Å². The number of hydrogen-bond donors (Lipinski definition) is 2. The van der Waals surface area contributed by atoms with Crippen LogP contribution in [0.5, 0.6) is 0 Å². The topological polar surface area (TPSA) is 71.0 Å². The normalized spacial score (nSPS) is 20.1. The minimum atomic E-state index is -0.243. The predicted molar refractivity (Wildman–Crippen MR) is 102 cm³/mol. The van der Waals surface area contributed by atoms with E-state index in [2.05, 4.69) is 5.32 Å². The summed E-state index contributed by atoms with van der Waals surface area (Å²) < 4.78 is 11.1. The second-order valence-corrected chi connectivity index (χ2v) is 6.65. The molecule has 0 saturated carbocycles. The fourth-order valence-corrected chi connectivity index (χ4v) is 3.36. The van der Waals surface area contributed by atoms with Gasteiger partial charge in [0.05, 0.1) is 25.9 Å². The molecule has 140 valence electrons. The molecule has 1 saturated heterocycles.